The summed E-state index contributed by atoms with van der Waals surface area (Å²) in [7, 11) is 4.02. The Morgan fingerprint density at radius 1 is 1.15 bits per heavy atom. The second-order valence-electron chi connectivity index (χ2n) is 7.69. The third-order valence-corrected chi connectivity index (χ3v) is 6.79. The van der Waals surface area contributed by atoms with Crippen molar-refractivity contribution in [2.75, 3.05) is 36.6 Å². The SMILES string of the molecule is CN(C)Cc1ccccc1NC(O)Nc1ncc(CCNc2c(C#N)cnc3ccsc23)s1. The van der Waals surface area contributed by atoms with Crippen LogP contribution in [-0.2, 0) is 13.0 Å². The van der Waals surface area contributed by atoms with E-state index < -0.39 is 6.35 Å². The number of hydrogen-bond acceptors (Lipinski definition) is 10. The van der Waals surface area contributed by atoms with Crippen LogP contribution in [0, 0.1) is 11.3 Å². The van der Waals surface area contributed by atoms with E-state index in [4.69, 9.17) is 0 Å². The van der Waals surface area contributed by atoms with Crippen LogP contribution < -0.4 is 16.0 Å². The Kier molecular flexibility index (Phi) is 7.36. The van der Waals surface area contributed by atoms with E-state index in [1.165, 1.54) is 11.3 Å². The van der Waals surface area contributed by atoms with Crippen LogP contribution in [0.3, 0.4) is 0 Å². The maximum atomic E-state index is 10.5. The zero-order chi connectivity index (χ0) is 23.2. The van der Waals surface area contributed by atoms with E-state index >= 15 is 0 Å². The summed E-state index contributed by atoms with van der Waals surface area (Å²) < 4.78 is 0.990. The second-order valence-corrected chi connectivity index (χ2v) is 9.72. The van der Waals surface area contributed by atoms with Gasteiger partial charge in [-0.25, -0.2) is 4.98 Å². The number of nitrogens with zero attached hydrogens (tertiary/aromatic N) is 4. The van der Waals surface area contributed by atoms with E-state index in [-0.39, 0.29) is 0 Å². The van der Waals surface area contributed by atoms with Crippen LogP contribution in [-0.4, -0.2) is 47.0 Å². The highest BCUT2D eigenvalue weighted by Gasteiger charge is 2.12. The third kappa shape index (κ3) is 5.77. The fraction of sp³-hybridized carbons (Fsp3) is 0.261. The number of nitrogens with one attached hydrogen (secondary N) is 3. The topological polar surface area (TPSA) is 109 Å². The van der Waals surface area contributed by atoms with Crippen molar-refractivity contribution in [3.63, 3.8) is 0 Å². The molecule has 3 heterocycles. The lowest BCUT2D eigenvalue weighted by Gasteiger charge is -2.19. The molecule has 4 N–H and O–H groups in total. The number of nitriles is 1. The van der Waals surface area contributed by atoms with Crippen LogP contribution in [0.25, 0.3) is 10.2 Å². The molecule has 0 aliphatic carbocycles. The van der Waals surface area contributed by atoms with E-state index in [9.17, 15) is 10.4 Å². The maximum absolute atomic E-state index is 10.5. The smallest absolute Gasteiger partial charge is 0.204 e. The summed E-state index contributed by atoms with van der Waals surface area (Å²) >= 11 is 3.06. The average molecular weight is 480 g/mol. The minimum absolute atomic E-state index is 0.542. The van der Waals surface area contributed by atoms with Gasteiger partial charge in [-0.1, -0.05) is 18.2 Å². The first-order valence-corrected chi connectivity index (χ1v) is 12.1. The number of para-hydroxylation sites is 1. The molecule has 0 aliphatic rings. The average Bonchev–Trinajstić information content (AvgIpc) is 3.44. The van der Waals surface area contributed by atoms with Crippen molar-refractivity contribution < 1.29 is 5.11 Å². The van der Waals surface area contributed by atoms with Crippen molar-refractivity contribution in [2.24, 2.45) is 0 Å². The van der Waals surface area contributed by atoms with Gasteiger partial charge in [0.15, 0.2) is 5.13 Å². The molecule has 4 aromatic rings. The summed E-state index contributed by atoms with van der Waals surface area (Å²) in [6.07, 6.45) is 3.19. The van der Waals surface area contributed by atoms with Gasteiger partial charge in [0.2, 0.25) is 6.35 Å². The van der Waals surface area contributed by atoms with Crippen molar-refractivity contribution in [3.05, 3.63) is 64.1 Å². The molecule has 4 rings (SSSR count). The number of benzene rings is 1. The number of anilines is 3. The number of thiophene rings is 1. The van der Waals surface area contributed by atoms with Crippen LogP contribution in [0.5, 0.6) is 0 Å². The summed E-state index contributed by atoms with van der Waals surface area (Å²) in [4.78, 5) is 11.8. The summed E-state index contributed by atoms with van der Waals surface area (Å²) in [6, 6.07) is 12.1. The number of aromatic nitrogens is 2. The van der Waals surface area contributed by atoms with Crippen molar-refractivity contribution in [1.29, 1.82) is 5.26 Å². The lowest BCUT2D eigenvalue weighted by Crippen LogP contribution is -2.28. The number of hydrogen-bond donors (Lipinski definition) is 4. The molecular formula is C23H25N7OS2. The Bertz CT molecular complexity index is 1260. The molecule has 1 atom stereocenters. The van der Waals surface area contributed by atoms with Gasteiger partial charge >= 0.3 is 0 Å². The van der Waals surface area contributed by atoms with Gasteiger partial charge in [-0.15, -0.1) is 22.7 Å². The van der Waals surface area contributed by atoms with Crippen LogP contribution in [0.15, 0.2) is 48.1 Å². The summed E-state index contributed by atoms with van der Waals surface area (Å²) in [6.45, 7) is 1.43. The van der Waals surface area contributed by atoms with Gasteiger partial charge < -0.3 is 26.0 Å². The first-order valence-electron chi connectivity index (χ1n) is 10.4. The van der Waals surface area contributed by atoms with Gasteiger partial charge in [0, 0.05) is 42.5 Å². The largest absolute Gasteiger partial charge is 0.382 e. The van der Waals surface area contributed by atoms with Crippen molar-refractivity contribution in [2.45, 2.75) is 19.3 Å². The minimum Gasteiger partial charge on any atom is -0.382 e. The molecule has 0 amide bonds. The van der Waals surface area contributed by atoms with Gasteiger partial charge in [0.25, 0.3) is 0 Å². The first kappa shape index (κ1) is 22.9. The normalized spacial score (nSPS) is 12.0. The van der Waals surface area contributed by atoms with Crippen molar-refractivity contribution in [1.82, 2.24) is 14.9 Å². The molecule has 10 heteroatoms. The number of thiazole rings is 1. The molecule has 0 bridgehead atoms. The number of fused-ring (bicyclic) bond motifs is 1. The summed E-state index contributed by atoms with van der Waals surface area (Å²) in [5, 5.41) is 32.0. The van der Waals surface area contributed by atoms with Crippen LogP contribution in [0.1, 0.15) is 16.0 Å². The fourth-order valence-corrected chi connectivity index (χ4v) is 5.12. The molecular weight excluding hydrogens is 454 g/mol. The van der Waals surface area contributed by atoms with Gasteiger partial charge in [-0.05, 0) is 37.2 Å². The highest BCUT2D eigenvalue weighted by molar-refractivity contribution is 7.17. The number of aliphatic hydroxyl groups excluding tert-OH is 1. The van der Waals surface area contributed by atoms with E-state index in [0.717, 1.165) is 45.0 Å². The highest BCUT2D eigenvalue weighted by atomic mass is 32.1. The molecule has 3 aromatic heterocycles. The standard InChI is InChI=1S/C23H25N7OS2/c1-30(2)14-15-5-3-4-6-18(15)28-22(31)29-23-27-13-17(33-23)7-9-25-20-16(11-24)12-26-19-8-10-32-21(19)20/h3-6,8,10,12-13,22,28,31H,7,9,14H2,1-2H3,(H,25,26)(H,27,29). The van der Waals surface area contributed by atoms with Gasteiger partial charge in [0.1, 0.15) is 6.07 Å². The van der Waals surface area contributed by atoms with E-state index in [1.807, 2.05) is 49.8 Å². The van der Waals surface area contributed by atoms with Gasteiger partial charge in [-0.2, -0.15) is 5.26 Å². The number of aliphatic hydroxyl groups is 1. The monoisotopic (exact) mass is 479 g/mol. The van der Waals surface area contributed by atoms with E-state index in [2.05, 4.69) is 36.9 Å². The fourth-order valence-electron chi connectivity index (χ4n) is 3.41. The first-order chi connectivity index (χ1) is 16.0. The zero-order valence-electron chi connectivity index (χ0n) is 18.4. The van der Waals surface area contributed by atoms with Gasteiger partial charge in [0.05, 0.1) is 21.5 Å². The Morgan fingerprint density at radius 2 is 2.00 bits per heavy atom. The highest BCUT2D eigenvalue weighted by Crippen LogP contribution is 2.30. The van der Waals surface area contributed by atoms with Crippen LogP contribution in [0.2, 0.25) is 0 Å². The molecule has 0 saturated carbocycles. The lowest BCUT2D eigenvalue weighted by atomic mass is 10.1. The summed E-state index contributed by atoms with van der Waals surface area (Å²) in [5.41, 5.74) is 4.23. The number of pyridine rings is 1. The Hall–Kier alpha value is -3.23. The predicted molar refractivity (Wildman–Crippen MR) is 136 cm³/mol. The van der Waals surface area contributed by atoms with Gasteiger partial charge in [-0.3, -0.25) is 4.98 Å². The molecule has 170 valence electrons. The molecule has 0 spiro atoms. The summed E-state index contributed by atoms with van der Waals surface area (Å²) in [5.74, 6) is 0. The van der Waals surface area contributed by atoms with Crippen molar-refractivity contribution in [3.8, 4) is 6.07 Å². The van der Waals surface area contributed by atoms with Crippen molar-refractivity contribution >= 4 is 49.4 Å². The molecule has 1 aromatic carbocycles. The lowest BCUT2D eigenvalue weighted by molar-refractivity contribution is 0.232. The molecule has 1 unspecified atom stereocenters. The Balaban J connectivity index is 1.33. The molecule has 8 nitrogen and oxygen atoms in total. The molecule has 0 saturated heterocycles. The third-order valence-electron chi connectivity index (χ3n) is 4.88. The Morgan fingerprint density at radius 3 is 2.82 bits per heavy atom. The van der Waals surface area contributed by atoms with Crippen LogP contribution >= 0.6 is 22.7 Å². The second kappa shape index (κ2) is 10.6. The number of rotatable bonds is 10. The zero-order valence-corrected chi connectivity index (χ0v) is 20.0. The molecule has 0 aliphatic heterocycles. The minimum atomic E-state index is -0.965. The molecule has 0 fully saturated rings. The Labute approximate surface area is 200 Å². The molecule has 0 radical (unpaired) electrons. The molecule has 33 heavy (non-hydrogen) atoms. The quantitative estimate of drug-likeness (QED) is 0.251. The predicted octanol–water partition coefficient (Wildman–Crippen LogP) is 4.14. The maximum Gasteiger partial charge on any atom is 0.204 e. The van der Waals surface area contributed by atoms with E-state index in [1.54, 1.807) is 23.7 Å². The van der Waals surface area contributed by atoms with E-state index in [0.29, 0.717) is 17.2 Å². The van der Waals surface area contributed by atoms with Crippen LogP contribution in [0.4, 0.5) is 16.5 Å².